The van der Waals surface area contributed by atoms with Crippen LogP contribution in [0.1, 0.15) is 26.7 Å². The Morgan fingerprint density at radius 2 is 1.93 bits per heavy atom. The van der Waals surface area contributed by atoms with E-state index in [0.717, 1.165) is 12.1 Å². The van der Waals surface area contributed by atoms with Crippen LogP contribution in [0, 0.1) is 0 Å². The Labute approximate surface area is 87.8 Å². The van der Waals surface area contributed by atoms with Crippen LogP contribution in [0.3, 0.4) is 0 Å². The van der Waals surface area contributed by atoms with Crippen LogP contribution in [0.15, 0.2) is 36.0 Å². The van der Waals surface area contributed by atoms with Crippen molar-refractivity contribution in [1.29, 1.82) is 0 Å². The van der Waals surface area contributed by atoms with Crippen LogP contribution in [0.25, 0.3) is 0 Å². The molecule has 1 heteroatoms. The smallest absolute Gasteiger partial charge is 0.0230 e. The molecule has 0 bridgehead atoms. The third-order valence-corrected chi connectivity index (χ3v) is 2.56. The van der Waals surface area contributed by atoms with Gasteiger partial charge in [-0.2, -0.15) is 0 Å². The van der Waals surface area contributed by atoms with Crippen molar-refractivity contribution in [2.45, 2.75) is 26.7 Å². The van der Waals surface area contributed by atoms with Gasteiger partial charge in [0.2, 0.25) is 0 Å². The highest BCUT2D eigenvalue weighted by molar-refractivity contribution is 5.26. The number of rotatable bonds is 4. The monoisotopic (exact) mass is 191 g/mol. The minimum Gasteiger partial charge on any atom is -0.299 e. The molecule has 0 aromatic carbocycles. The SMILES string of the molecule is C=C(C)/C=C\C(=CC)CN1CCCC1. The Bertz CT molecular complexity index is 242. The predicted molar refractivity (Wildman–Crippen MR) is 63.4 cm³/mol. The molecule has 0 atom stereocenters. The second-order valence-electron chi connectivity index (χ2n) is 4.03. The van der Waals surface area contributed by atoms with Crippen LogP contribution in [-0.2, 0) is 0 Å². The minimum atomic E-state index is 1.10. The van der Waals surface area contributed by atoms with Gasteiger partial charge in [-0.3, -0.25) is 4.90 Å². The third kappa shape index (κ3) is 3.93. The van der Waals surface area contributed by atoms with Gasteiger partial charge in [-0.05, 0) is 45.4 Å². The van der Waals surface area contributed by atoms with Gasteiger partial charge < -0.3 is 0 Å². The molecule has 1 saturated heterocycles. The van der Waals surface area contributed by atoms with Crippen LogP contribution in [-0.4, -0.2) is 24.5 Å². The summed E-state index contributed by atoms with van der Waals surface area (Å²) >= 11 is 0. The van der Waals surface area contributed by atoms with E-state index in [2.05, 4.69) is 36.6 Å². The van der Waals surface area contributed by atoms with Crippen LogP contribution in [0.2, 0.25) is 0 Å². The van der Waals surface area contributed by atoms with E-state index in [0.29, 0.717) is 0 Å². The van der Waals surface area contributed by atoms with E-state index in [-0.39, 0.29) is 0 Å². The summed E-state index contributed by atoms with van der Waals surface area (Å²) in [6.07, 6.45) is 9.19. The molecule has 0 aromatic rings. The second kappa shape index (κ2) is 5.82. The van der Waals surface area contributed by atoms with E-state index in [1.165, 1.54) is 31.5 Å². The normalized spacial score (nSPS) is 19.4. The summed E-state index contributed by atoms with van der Waals surface area (Å²) in [5.41, 5.74) is 2.51. The molecular weight excluding hydrogens is 170 g/mol. The number of nitrogens with zero attached hydrogens (tertiary/aromatic N) is 1. The first kappa shape index (κ1) is 11.3. The molecule has 0 aliphatic carbocycles. The molecule has 0 saturated carbocycles. The lowest BCUT2D eigenvalue weighted by atomic mass is 10.2. The van der Waals surface area contributed by atoms with Gasteiger partial charge in [-0.25, -0.2) is 0 Å². The maximum absolute atomic E-state index is 3.87. The summed E-state index contributed by atoms with van der Waals surface area (Å²) in [6, 6.07) is 0. The molecule has 1 heterocycles. The van der Waals surface area contributed by atoms with Gasteiger partial charge in [0.25, 0.3) is 0 Å². The summed E-state index contributed by atoms with van der Waals surface area (Å²) < 4.78 is 0. The molecule has 0 spiro atoms. The van der Waals surface area contributed by atoms with E-state index in [1.807, 2.05) is 6.92 Å². The fraction of sp³-hybridized carbons (Fsp3) is 0.538. The van der Waals surface area contributed by atoms with E-state index >= 15 is 0 Å². The molecule has 1 nitrogen and oxygen atoms in total. The molecule has 1 rings (SSSR count). The zero-order valence-corrected chi connectivity index (χ0v) is 9.42. The molecular formula is C13H21N. The standard InChI is InChI=1S/C13H21N/c1-4-13(8-7-12(2)3)11-14-9-5-6-10-14/h4,7-8H,2,5-6,9-11H2,1,3H3/b8-7-,13-4?. The third-order valence-electron chi connectivity index (χ3n) is 2.56. The average molecular weight is 191 g/mol. The molecule has 0 unspecified atom stereocenters. The van der Waals surface area contributed by atoms with Crippen molar-refractivity contribution in [1.82, 2.24) is 4.90 Å². The average Bonchev–Trinajstić information content (AvgIpc) is 2.64. The molecule has 1 fully saturated rings. The molecule has 1 aliphatic rings. The molecule has 14 heavy (non-hydrogen) atoms. The van der Waals surface area contributed by atoms with E-state index in [9.17, 15) is 0 Å². The van der Waals surface area contributed by atoms with Crippen LogP contribution < -0.4 is 0 Å². The highest BCUT2D eigenvalue weighted by Crippen LogP contribution is 2.11. The quantitative estimate of drug-likeness (QED) is 0.617. The van der Waals surface area contributed by atoms with Gasteiger partial charge in [0.05, 0.1) is 0 Å². The van der Waals surface area contributed by atoms with Gasteiger partial charge in [-0.15, -0.1) is 0 Å². The van der Waals surface area contributed by atoms with Crippen molar-refractivity contribution in [2.24, 2.45) is 0 Å². The van der Waals surface area contributed by atoms with Gasteiger partial charge in [0.15, 0.2) is 0 Å². The first-order valence-electron chi connectivity index (χ1n) is 5.43. The summed E-state index contributed by atoms with van der Waals surface area (Å²) in [7, 11) is 0. The van der Waals surface area contributed by atoms with Crippen LogP contribution in [0.4, 0.5) is 0 Å². The molecule has 0 radical (unpaired) electrons. The second-order valence-corrected chi connectivity index (χ2v) is 4.03. The largest absolute Gasteiger partial charge is 0.299 e. The summed E-state index contributed by atoms with van der Waals surface area (Å²) in [6.45, 7) is 11.6. The lowest BCUT2D eigenvalue weighted by molar-refractivity contribution is 0.371. The lowest BCUT2D eigenvalue weighted by Gasteiger charge is -2.14. The van der Waals surface area contributed by atoms with Crippen molar-refractivity contribution in [3.8, 4) is 0 Å². The van der Waals surface area contributed by atoms with E-state index in [1.54, 1.807) is 0 Å². The Hall–Kier alpha value is -0.820. The molecule has 0 aromatic heterocycles. The molecule has 0 amide bonds. The highest BCUT2D eigenvalue weighted by Gasteiger charge is 2.11. The summed E-state index contributed by atoms with van der Waals surface area (Å²) in [5.74, 6) is 0. The molecule has 78 valence electrons. The highest BCUT2D eigenvalue weighted by atomic mass is 15.1. The van der Waals surface area contributed by atoms with Gasteiger partial charge >= 0.3 is 0 Å². The Morgan fingerprint density at radius 3 is 2.43 bits per heavy atom. The first-order chi connectivity index (χ1) is 6.72. The zero-order valence-electron chi connectivity index (χ0n) is 9.42. The summed E-state index contributed by atoms with van der Waals surface area (Å²) in [5, 5.41) is 0. The number of hydrogen-bond donors (Lipinski definition) is 0. The fourth-order valence-electron chi connectivity index (χ4n) is 1.69. The van der Waals surface area contributed by atoms with E-state index in [4.69, 9.17) is 0 Å². The van der Waals surface area contributed by atoms with Crippen molar-refractivity contribution in [3.63, 3.8) is 0 Å². The van der Waals surface area contributed by atoms with Crippen LogP contribution in [0.5, 0.6) is 0 Å². The fourth-order valence-corrected chi connectivity index (χ4v) is 1.69. The van der Waals surface area contributed by atoms with Crippen molar-refractivity contribution in [3.05, 3.63) is 36.0 Å². The lowest BCUT2D eigenvalue weighted by Crippen LogP contribution is -2.21. The molecule has 1 aliphatic heterocycles. The Kier molecular flexibility index (Phi) is 4.68. The van der Waals surface area contributed by atoms with Crippen molar-refractivity contribution >= 4 is 0 Å². The minimum absolute atomic E-state index is 1.10. The maximum atomic E-state index is 3.87. The van der Waals surface area contributed by atoms with Crippen molar-refractivity contribution in [2.75, 3.05) is 19.6 Å². The van der Waals surface area contributed by atoms with E-state index < -0.39 is 0 Å². The maximum Gasteiger partial charge on any atom is 0.0230 e. The van der Waals surface area contributed by atoms with Crippen molar-refractivity contribution < 1.29 is 0 Å². The van der Waals surface area contributed by atoms with Crippen LogP contribution >= 0.6 is 0 Å². The van der Waals surface area contributed by atoms with Gasteiger partial charge in [0.1, 0.15) is 0 Å². The summed E-state index contributed by atoms with van der Waals surface area (Å²) in [4.78, 5) is 2.51. The predicted octanol–water partition coefficient (Wildman–Crippen LogP) is 3.16. The zero-order chi connectivity index (χ0) is 10.4. The first-order valence-corrected chi connectivity index (χ1v) is 5.43. The molecule has 0 N–H and O–H groups in total. The number of likely N-dealkylation sites (tertiary alicyclic amines) is 1. The van der Waals surface area contributed by atoms with Gasteiger partial charge in [-0.1, -0.05) is 30.4 Å². The Morgan fingerprint density at radius 1 is 1.29 bits per heavy atom. The van der Waals surface area contributed by atoms with Gasteiger partial charge in [0, 0.05) is 6.54 Å². The topological polar surface area (TPSA) is 3.24 Å². The number of hydrogen-bond acceptors (Lipinski definition) is 1. The number of allylic oxidation sites excluding steroid dienone is 3. The Balaban J connectivity index is 2.42.